The van der Waals surface area contributed by atoms with Gasteiger partial charge in [-0.25, -0.2) is 0 Å². The van der Waals surface area contributed by atoms with Gasteiger partial charge in [-0.15, -0.1) is 0 Å². The lowest BCUT2D eigenvalue weighted by molar-refractivity contribution is -0.138. The number of amides is 1. The molecule has 7 nitrogen and oxygen atoms in total. The Hall–Kier alpha value is -0.746. The zero-order chi connectivity index (χ0) is 23.8. The van der Waals surface area contributed by atoms with Crippen LogP contribution in [0, 0.1) is 0 Å². The topological polar surface area (TPSA) is 88.1 Å². The van der Waals surface area contributed by atoms with E-state index in [0.717, 1.165) is 0 Å². The molecule has 9 heteroatoms. The van der Waals surface area contributed by atoms with Gasteiger partial charge in [0.15, 0.2) is 16.6 Å². The molecule has 0 atom stereocenters. The van der Waals surface area contributed by atoms with Gasteiger partial charge < -0.3 is 24.2 Å². The first kappa shape index (κ1) is 29.3. The first-order valence-electron chi connectivity index (χ1n) is 10.9. The number of hydrogen-bond donors (Lipinski definition) is 2. The van der Waals surface area contributed by atoms with Gasteiger partial charge in [-0.3, -0.25) is 9.59 Å². The van der Waals surface area contributed by atoms with E-state index in [1.54, 1.807) is 4.90 Å². The van der Waals surface area contributed by atoms with Gasteiger partial charge in [0.1, 0.15) is 0 Å². The lowest BCUT2D eigenvalue weighted by atomic mass is 10.2. The van der Waals surface area contributed by atoms with E-state index >= 15 is 0 Å². The van der Waals surface area contributed by atoms with Gasteiger partial charge in [0.05, 0.1) is 19.6 Å². The second-order valence-electron chi connectivity index (χ2n) is 10.9. The largest absolute Gasteiger partial charge is 0.481 e. The minimum Gasteiger partial charge on any atom is -0.481 e. The fraction of sp³-hybridized carbons (Fsp3) is 0.905. The molecule has 0 saturated heterocycles. The number of nitrogens with one attached hydrogen (secondary N) is 1. The molecular formula is C21H46N2O5Si2. The normalized spacial score (nSPS) is 13.4. The monoisotopic (exact) mass is 462 g/mol. The summed E-state index contributed by atoms with van der Waals surface area (Å²) in [5.74, 6) is -1.02. The summed E-state index contributed by atoms with van der Waals surface area (Å²) in [5, 5.41) is 12.4. The molecule has 30 heavy (non-hydrogen) atoms. The number of rotatable bonds is 13. The van der Waals surface area contributed by atoms with Crippen LogP contribution >= 0.6 is 0 Å². The van der Waals surface area contributed by atoms with E-state index < -0.39 is 22.6 Å². The average Bonchev–Trinajstić information content (AvgIpc) is 2.54. The van der Waals surface area contributed by atoms with Crippen LogP contribution in [0.1, 0.15) is 48.0 Å². The lowest BCUT2D eigenvalue weighted by Gasteiger charge is -2.37. The van der Waals surface area contributed by atoms with Gasteiger partial charge >= 0.3 is 5.97 Å². The molecule has 0 aliphatic heterocycles. The van der Waals surface area contributed by atoms with E-state index in [2.05, 4.69) is 73.0 Å². The molecular weight excluding hydrogens is 416 g/mol. The van der Waals surface area contributed by atoms with Crippen LogP contribution in [0.3, 0.4) is 0 Å². The third kappa shape index (κ3) is 10.5. The minimum atomic E-state index is -1.90. The van der Waals surface area contributed by atoms with Crippen molar-refractivity contribution in [2.75, 3.05) is 39.4 Å². The molecule has 0 unspecified atom stereocenters. The van der Waals surface area contributed by atoms with E-state index in [9.17, 15) is 9.59 Å². The summed E-state index contributed by atoms with van der Waals surface area (Å²) >= 11 is 0. The molecule has 1 amide bonds. The Morgan fingerprint density at radius 3 is 1.77 bits per heavy atom. The fourth-order valence-electron chi connectivity index (χ4n) is 2.12. The summed E-state index contributed by atoms with van der Waals surface area (Å²) in [5.41, 5.74) is 0. The van der Waals surface area contributed by atoms with Crippen molar-refractivity contribution in [1.82, 2.24) is 10.2 Å². The zero-order valence-electron chi connectivity index (χ0n) is 21.0. The Kier molecular flexibility index (Phi) is 11.5. The molecule has 0 aromatic carbocycles. The third-order valence-electron chi connectivity index (χ3n) is 6.40. The Morgan fingerprint density at radius 2 is 1.33 bits per heavy atom. The lowest BCUT2D eigenvalue weighted by Crippen LogP contribution is -2.46. The second-order valence-corrected chi connectivity index (χ2v) is 20.5. The van der Waals surface area contributed by atoms with Gasteiger partial charge in [-0.2, -0.15) is 0 Å². The van der Waals surface area contributed by atoms with Crippen molar-refractivity contribution in [1.29, 1.82) is 0 Å². The predicted molar refractivity (Wildman–Crippen MR) is 128 cm³/mol. The van der Waals surface area contributed by atoms with Gasteiger partial charge in [-0.05, 0) is 36.3 Å². The molecule has 0 heterocycles. The minimum absolute atomic E-state index is 0.0691. The number of carboxylic acids is 1. The maximum absolute atomic E-state index is 12.6. The second kappa shape index (κ2) is 11.8. The Labute approximate surface area is 186 Å². The summed E-state index contributed by atoms with van der Waals surface area (Å²) in [7, 11) is -3.70. The first-order valence-corrected chi connectivity index (χ1v) is 16.7. The molecule has 0 spiro atoms. The number of carboxylic acid groups (broad SMARTS) is 1. The third-order valence-corrected chi connectivity index (χ3v) is 15.5. The molecule has 0 aromatic heterocycles. The van der Waals surface area contributed by atoms with Crippen molar-refractivity contribution in [2.45, 2.75) is 84.2 Å². The van der Waals surface area contributed by atoms with Crippen molar-refractivity contribution >= 4 is 28.5 Å². The van der Waals surface area contributed by atoms with Crippen LogP contribution in [0.25, 0.3) is 0 Å². The number of carbonyl (C=O) groups is 2. The molecule has 0 aromatic rings. The fourth-order valence-corrected chi connectivity index (χ4v) is 4.20. The summed E-state index contributed by atoms with van der Waals surface area (Å²) < 4.78 is 12.3. The van der Waals surface area contributed by atoms with Crippen LogP contribution in [0.2, 0.25) is 36.3 Å². The van der Waals surface area contributed by atoms with Gasteiger partial charge in [0.25, 0.3) is 0 Å². The van der Waals surface area contributed by atoms with Gasteiger partial charge in [0, 0.05) is 26.2 Å². The Balaban J connectivity index is 4.57. The molecule has 2 N–H and O–H groups in total. The number of nitrogens with zero attached hydrogens (tertiary/aromatic N) is 1. The zero-order valence-corrected chi connectivity index (χ0v) is 23.0. The summed E-state index contributed by atoms with van der Waals surface area (Å²) in [6.07, 6.45) is -0.0691. The van der Waals surface area contributed by atoms with Crippen LogP contribution in [0.4, 0.5) is 0 Å². The Bertz CT molecular complexity index is 555. The SMILES string of the molecule is CC(C)(C)[Si](C)(C)OCCNCC(=O)N(CCO[Si](C)(C)C(C)(C)C)CCC(=O)O. The molecule has 0 saturated carbocycles. The smallest absolute Gasteiger partial charge is 0.305 e. The highest BCUT2D eigenvalue weighted by atomic mass is 28.4. The summed E-state index contributed by atoms with van der Waals surface area (Å²) in [6, 6.07) is 0. The predicted octanol–water partition coefficient (Wildman–Crippen LogP) is 3.92. The van der Waals surface area contributed by atoms with E-state index in [1.807, 2.05) is 0 Å². The van der Waals surface area contributed by atoms with Crippen molar-refractivity contribution in [3.63, 3.8) is 0 Å². The highest BCUT2D eigenvalue weighted by Crippen LogP contribution is 2.37. The maximum Gasteiger partial charge on any atom is 0.305 e. The van der Waals surface area contributed by atoms with E-state index in [1.165, 1.54) is 0 Å². The number of hydrogen-bond acceptors (Lipinski definition) is 5. The maximum atomic E-state index is 12.6. The Morgan fingerprint density at radius 1 is 0.867 bits per heavy atom. The van der Waals surface area contributed by atoms with E-state index in [4.69, 9.17) is 14.0 Å². The average molecular weight is 463 g/mol. The van der Waals surface area contributed by atoms with Gasteiger partial charge in [-0.1, -0.05) is 41.5 Å². The van der Waals surface area contributed by atoms with E-state index in [-0.39, 0.29) is 35.5 Å². The highest BCUT2D eigenvalue weighted by Gasteiger charge is 2.37. The van der Waals surface area contributed by atoms with Crippen molar-refractivity contribution in [3.05, 3.63) is 0 Å². The van der Waals surface area contributed by atoms with Crippen molar-refractivity contribution in [2.24, 2.45) is 0 Å². The van der Waals surface area contributed by atoms with Crippen LogP contribution in [-0.4, -0.2) is 77.9 Å². The molecule has 0 aliphatic carbocycles. The quantitative estimate of drug-likeness (QED) is 0.318. The highest BCUT2D eigenvalue weighted by molar-refractivity contribution is 6.74. The van der Waals surface area contributed by atoms with Crippen molar-refractivity contribution in [3.8, 4) is 0 Å². The van der Waals surface area contributed by atoms with Crippen LogP contribution in [-0.2, 0) is 18.4 Å². The molecule has 0 bridgehead atoms. The molecule has 0 rings (SSSR count). The van der Waals surface area contributed by atoms with Crippen LogP contribution in [0.15, 0.2) is 0 Å². The summed E-state index contributed by atoms with van der Waals surface area (Å²) in [6.45, 7) is 24.2. The van der Waals surface area contributed by atoms with Crippen molar-refractivity contribution < 1.29 is 23.5 Å². The molecule has 0 fully saturated rings. The number of aliphatic carboxylic acids is 1. The first-order chi connectivity index (χ1) is 13.4. The molecule has 0 radical (unpaired) electrons. The number of carbonyl (C=O) groups excluding carboxylic acids is 1. The van der Waals surface area contributed by atoms with Crippen LogP contribution in [0.5, 0.6) is 0 Å². The van der Waals surface area contributed by atoms with Crippen LogP contribution < -0.4 is 5.32 Å². The van der Waals surface area contributed by atoms with Gasteiger partial charge in [0.2, 0.25) is 5.91 Å². The molecule has 178 valence electrons. The molecule has 0 aliphatic rings. The standard InChI is InChI=1S/C21H46N2O5Si2/c1-20(2,3)29(7,8)27-15-12-22-17-18(24)23(13-11-19(25)26)14-16-28-30(9,10)21(4,5)6/h22H,11-17H2,1-10H3,(H,25,26). The summed E-state index contributed by atoms with van der Waals surface area (Å²) in [4.78, 5) is 25.2. The van der Waals surface area contributed by atoms with E-state index in [0.29, 0.717) is 26.3 Å².